The molecule has 1 saturated heterocycles. The highest BCUT2D eigenvalue weighted by molar-refractivity contribution is 5.53. The maximum absolute atomic E-state index is 5.39. The molecule has 0 amide bonds. The van der Waals surface area contributed by atoms with Gasteiger partial charge in [0, 0.05) is 32.2 Å². The van der Waals surface area contributed by atoms with E-state index in [0.29, 0.717) is 23.3 Å². The number of nitrogens with zero attached hydrogens (tertiary/aromatic N) is 1. The fourth-order valence-electron chi connectivity index (χ4n) is 2.64. The number of nitrogens with one attached hydrogen (secondary N) is 1. The lowest BCUT2D eigenvalue weighted by atomic mass is 10.1. The second kappa shape index (κ2) is 6.81. The van der Waals surface area contributed by atoms with Gasteiger partial charge in [-0.2, -0.15) is 0 Å². The highest BCUT2D eigenvalue weighted by Gasteiger charge is 2.18. The first-order chi connectivity index (χ1) is 9.67. The average Bonchev–Trinajstić information content (AvgIpc) is 2.46. The van der Waals surface area contributed by atoms with Crippen molar-refractivity contribution in [3.05, 3.63) is 17.7 Å². The molecule has 0 bridgehead atoms. The van der Waals surface area contributed by atoms with E-state index in [2.05, 4.69) is 17.1 Å². The van der Waals surface area contributed by atoms with Crippen LogP contribution < -0.4 is 19.5 Å². The van der Waals surface area contributed by atoms with Gasteiger partial charge in [-0.15, -0.1) is 0 Å². The molecule has 0 radical (unpaired) electrons. The van der Waals surface area contributed by atoms with Crippen LogP contribution in [0.4, 0.5) is 0 Å². The Morgan fingerprint density at radius 2 is 1.80 bits per heavy atom. The van der Waals surface area contributed by atoms with Gasteiger partial charge in [0.25, 0.3) is 0 Å². The van der Waals surface area contributed by atoms with E-state index in [-0.39, 0.29) is 0 Å². The van der Waals surface area contributed by atoms with Crippen LogP contribution in [0.1, 0.15) is 12.5 Å². The molecule has 1 aliphatic rings. The molecular formula is C15H24N2O3. The fraction of sp³-hybridized carbons (Fsp3) is 0.600. The summed E-state index contributed by atoms with van der Waals surface area (Å²) in [6.07, 6.45) is 0. The largest absolute Gasteiger partial charge is 0.493 e. The molecule has 2 rings (SSSR count). The van der Waals surface area contributed by atoms with Gasteiger partial charge in [-0.1, -0.05) is 0 Å². The Morgan fingerprint density at radius 1 is 1.15 bits per heavy atom. The summed E-state index contributed by atoms with van der Waals surface area (Å²) in [6.45, 7) is 6.24. The molecule has 0 aliphatic carbocycles. The molecule has 20 heavy (non-hydrogen) atoms. The van der Waals surface area contributed by atoms with Gasteiger partial charge in [0.05, 0.1) is 21.3 Å². The lowest BCUT2D eigenvalue weighted by Gasteiger charge is -2.32. The summed E-state index contributed by atoms with van der Waals surface area (Å²) in [5.41, 5.74) is 1.17. The number of ether oxygens (including phenoxy) is 3. The maximum atomic E-state index is 5.39. The molecule has 0 unspecified atom stereocenters. The van der Waals surface area contributed by atoms with Crippen LogP contribution in [0.5, 0.6) is 17.2 Å². The van der Waals surface area contributed by atoms with Crippen molar-refractivity contribution < 1.29 is 14.2 Å². The number of rotatable bonds is 5. The molecule has 0 saturated carbocycles. The molecule has 1 aromatic carbocycles. The lowest BCUT2D eigenvalue weighted by Crippen LogP contribution is -2.48. The highest BCUT2D eigenvalue weighted by atomic mass is 16.5. The third-order valence-electron chi connectivity index (χ3n) is 3.58. The molecule has 0 aromatic heterocycles. The molecule has 1 N–H and O–H groups in total. The minimum Gasteiger partial charge on any atom is -0.493 e. The van der Waals surface area contributed by atoms with Crippen LogP contribution in [-0.2, 0) is 6.54 Å². The summed E-state index contributed by atoms with van der Waals surface area (Å²) in [6, 6.07) is 4.58. The van der Waals surface area contributed by atoms with Gasteiger partial charge in [-0.25, -0.2) is 0 Å². The Hall–Kier alpha value is -1.46. The van der Waals surface area contributed by atoms with Gasteiger partial charge in [0.15, 0.2) is 11.5 Å². The Bertz CT molecular complexity index is 426. The van der Waals surface area contributed by atoms with Crippen molar-refractivity contribution in [1.82, 2.24) is 10.2 Å². The molecule has 1 aromatic rings. The third-order valence-corrected chi connectivity index (χ3v) is 3.58. The number of methoxy groups -OCH3 is 3. The smallest absolute Gasteiger partial charge is 0.203 e. The Balaban J connectivity index is 2.19. The molecule has 1 aliphatic heterocycles. The Morgan fingerprint density at radius 3 is 2.30 bits per heavy atom. The first-order valence-corrected chi connectivity index (χ1v) is 6.92. The van der Waals surface area contributed by atoms with Crippen molar-refractivity contribution in [2.24, 2.45) is 0 Å². The van der Waals surface area contributed by atoms with Gasteiger partial charge in [-0.05, 0) is 24.6 Å². The monoisotopic (exact) mass is 280 g/mol. The molecule has 0 spiro atoms. The Labute approximate surface area is 120 Å². The number of hydrogen-bond acceptors (Lipinski definition) is 5. The van der Waals surface area contributed by atoms with E-state index in [1.807, 2.05) is 12.1 Å². The van der Waals surface area contributed by atoms with E-state index >= 15 is 0 Å². The van der Waals surface area contributed by atoms with Crippen molar-refractivity contribution in [3.63, 3.8) is 0 Å². The molecular weight excluding hydrogens is 256 g/mol. The number of hydrogen-bond donors (Lipinski definition) is 1. The summed E-state index contributed by atoms with van der Waals surface area (Å²) in [5, 5.41) is 3.45. The van der Waals surface area contributed by atoms with Crippen LogP contribution in [0.2, 0.25) is 0 Å². The molecule has 5 nitrogen and oxygen atoms in total. The van der Waals surface area contributed by atoms with Gasteiger partial charge in [0.2, 0.25) is 5.75 Å². The van der Waals surface area contributed by atoms with E-state index in [9.17, 15) is 0 Å². The van der Waals surface area contributed by atoms with Crippen molar-refractivity contribution >= 4 is 0 Å². The third kappa shape index (κ3) is 3.35. The topological polar surface area (TPSA) is 43.0 Å². The van der Waals surface area contributed by atoms with Gasteiger partial charge in [-0.3, -0.25) is 4.90 Å². The first kappa shape index (κ1) is 14.9. The van der Waals surface area contributed by atoms with E-state index in [1.54, 1.807) is 21.3 Å². The second-order valence-electron chi connectivity index (χ2n) is 5.12. The lowest BCUT2D eigenvalue weighted by molar-refractivity contribution is 0.199. The second-order valence-corrected chi connectivity index (χ2v) is 5.12. The predicted octanol–water partition coefficient (Wildman–Crippen LogP) is 1.51. The van der Waals surface area contributed by atoms with E-state index in [1.165, 1.54) is 5.56 Å². The standard InChI is InChI=1S/C15H24N2O3/c1-11-9-17(6-5-16-11)10-12-7-13(18-2)15(20-4)14(8-12)19-3/h7-8,11,16H,5-6,9-10H2,1-4H3/t11-/m0/s1. The summed E-state index contributed by atoms with van der Waals surface area (Å²) < 4.78 is 16.1. The normalized spacial score (nSPS) is 19.7. The van der Waals surface area contributed by atoms with Crippen LogP contribution in [0.3, 0.4) is 0 Å². The van der Waals surface area contributed by atoms with E-state index < -0.39 is 0 Å². The maximum Gasteiger partial charge on any atom is 0.203 e. The zero-order chi connectivity index (χ0) is 14.5. The van der Waals surface area contributed by atoms with Gasteiger partial charge in [0.1, 0.15) is 0 Å². The molecule has 1 atom stereocenters. The molecule has 5 heteroatoms. The van der Waals surface area contributed by atoms with Crippen LogP contribution in [0.25, 0.3) is 0 Å². The average molecular weight is 280 g/mol. The van der Waals surface area contributed by atoms with Crippen molar-refractivity contribution in [1.29, 1.82) is 0 Å². The summed E-state index contributed by atoms with van der Waals surface area (Å²) in [5.74, 6) is 2.07. The summed E-state index contributed by atoms with van der Waals surface area (Å²) >= 11 is 0. The summed E-state index contributed by atoms with van der Waals surface area (Å²) in [7, 11) is 4.92. The van der Waals surface area contributed by atoms with Crippen LogP contribution in [0.15, 0.2) is 12.1 Å². The minimum atomic E-state index is 0.533. The van der Waals surface area contributed by atoms with Gasteiger partial charge >= 0.3 is 0 Å². The summed E-state index contributed by atoms with van der Waals surface area (Å²) in [4.78, 5) is 2.43. The number of benzene rings is 1. The van der Waals surface area contributed by atoms with Crippen LogP contribution in [-0.4, -0.2) is 51.9 Å². The quantitative estimate of drug-likeness (QED) is 0.885. The zero-order valence-corrected chi connectivity index (χ0v) is 12.7. The van der Waals surface area contributed by atoms with Crippen LogP contribution in [0, 0.1) is 0 Å². The van der Waals surface area contributed by atoms with E-state index in [0.717, 1.165) is 26.2 Å². The van der Waals surface area contributed by atoms with E-state index in [4.69, 9.17) is 14.2 Å². The molecule has 1 fully saturated rings. The fourth-order valence-corrected chi connectivity index (χ4v) is 2.64. The van der Waals surface area contributed by atoms with Crippen molar-refractivity contribution in [3.8, 4) is 17.2 Å². The molecule has 112 valence electrons. The SMILES string of the molecule is COc1cc(CN2CCN[C@@H](C)C2)cc(OC)c1OC. The van der Waals surface area contributed by atoms with Gasteiger partial charge < -0.3 is 19.5 Å². The minimum absolute atomic E-state index is 0.533. The van der Waals surface area contributed by atoms with Crippen molar-refractivity contribution in [2.75, 3.05) is 41.0 Å². The molecule has 1 heterocycles. The zero-order valence-electron chi connectivity index (χ0n) is 12.7. The predicted molar refractivity (Wildman–Crippen MR) is 78.8 cm³/mol. The Kier molecular flexibility index (Phi) is 5.09. The first-order valence-electron chi connectivity index (χ1n) is 6.92. The van der Waals surface area contributed by atoms with Crippen molar-refractivity contribution in [2.45, 2.75) is 19.5 Å². The number of piperazine rings is 1. The van der Waals surface area contributed by atoms with Crippen LogP contribution >= 0.6 is 0 Å². The highest BCUT2D eigenvalue weighted by Crippen LogP contribution is 2.38.